The van der Waals surface area contributed by atoms with Crippen molar-refractivity contribution in [3.05, 3.63) is 54.4 Å². The molecule has 37 heavy (non-hydrogen) atoms. The van der Waals surface area contributed by atoms with E-state index in [1.807, 2.05) is 0 Å². The predicted octanol–water partition coefficient (Wildman–Crippen LogP) is 2.42. The molecule has 0 spiro atoms. The number of carboxylic acid groups (broad SMARTS) is 1. The van der Waals surface area contributed by atoms with Gasteiger partial charge in [-0.25, -0.2) is 13.2 Å². The van der Waals surface area contributed by atoms with Gasteiger partial charge in [0.05, 0.1) is 18.2 Å². The number of carbonyl (C=O) groups is 2. The first-order valence-corrected chi connectivity index (χ1v) is 12.7. The number of methoxy groups -OCH3 is 1. The van der Waals surface area contributed by atoms with Crippen molar-refractivity contribution >= 4 is 21.9 Å². The van der Waals surface area contributed by atoms with Crippen LogP contribution in [0.4, 0.5) is 13.2 Å². The highest BCUT2D eigenvalue weighted by molar-refractivity contribution is 7.89. The Morgan fingerprint density at radius 3 is 2.46 bits per heavy atom. The van der Waals surface area contributed by atoms with Gasteiger partial charge in [0.15, 0.2) is 0 Å². The van der Waals surface area contributed by atoms with Crippen LogP contribution in [-0.2, 0) is 19.6 Å². The minimum absolute atomic E-state index is 0.105. The average molecular weight is 546 g/mol. The molecule has 202 valence electrons. The Morgan fingerprint density at radius 2 is 1.84 bits per heavy atom. The molecule has 10 nitrogen and oxygen atoms in total. The van der Waals surface area contributed by atoms with Crippen molar-refractivity contribution in [3.8, 4) is 5.75 Å². The number of ether oxygens (including phenoxy) is 2. The van der Waals surface area contributed by atoms with Gasteiger partial charge in [-0.15, -0.1) is 0 Å². The summed E-state index contributed by atoms with van der Waals surface area (Å²) in [5.74, 6) is -2.50. The molecule has 4 rings (SSSR count). The second kappa shape index (κ2) is 11.9. The van der Waals surface area contributed by atoms with Gasteiger partial charge < -0.3 is 19.5 Å². The summed E-state index contributed by atoms with van der Waals surface area (Å²) in [6.07, 6.45) is -1.25. The van der Waals surface area contributed by atoms with E-state index in [-0.39, 0.29) is 36.1 Å². The summed E-state index contributed by atoms with van der Waals surface area (Å²) in [5.41, 5.74) is 0.523. The number of carbonyl (C=O) groups excluding carboxylic acids is 1. The van der Waals surface area contributed by atoms with Crippen molar-refractivity contribution in [1.29, 1.82) is 0 Å². The van der Waals surface area contributed by atoms with E-state index < -0.39 is 22.2 Å². The number of alkyl halides is 3. The zero-order valence-electron chi connectivity index (χ0n) is 19.8. The summed E-state index contributed by atoms with van der Waals surface area (Å²) < 4.78 is 71.5. The number of fused-ring (bicyclic) bond motifs is 2. The first kappa shape index (κ1) is 28.3. The number of para-hydroxylation sites is 1. The third-order valence-electron chi connectivity index (χ3n) is 5.85. The Labute approximate surface area is 211 Å². The molecule has 0 saturated carbocycles. The number of hydrogen-bond acceptors (Lipinski definition) is 7. The molecular formula is C23H26F3N3O7S. The minimum atomic E-state index is -5.08. The maximum Gasteiger partial charge on any atom is 0.490 e. The summed E-state index contributed by atoms with van der Waals surface area (Å²) >= 11 is 0. The number of nitrogens with zero attached hydrogens (tertiary/aromatic N) is 3. The highest BCUT2D eigenvalue weighted by Crippen LogP contribution is 2.36. The zero-order chi connectivity index (χ0) is 27.2. The zero-order valence-corrected chi connectivity index (χ0v) is 20.6. The number of pyridine rings is 1. The minimum Gasteiger partial charge on any atom is -0.487 e. The number of likely N-dealkylation sites (tertiary alicyclic amines) is 1. The van der Waals surface area contributed by atoms with Gasteiger partial charge in [-0.05, 0) is 30.7 Å². The van der Waals surface area contributed by atoms with Crippen molar-refractivity contribution in [1.82, 2.24) is 14.2 Å². The number of hydrogen-bond donors (Lipinski definition) is 1. The van der Waals surface area contributed by atoms with Crippen LogP contribution in [0.3, 0.4) is 0 Å². The fraction of sp³-hybridized carbons (Fsp3) is 0.435. The Bertz CT molecular complexity index is 1200. The Balaban J connectivity index is 0.000000479. The van der Waals surface area contributed by atoms with Gasteiger partial charge in [0, 0.05) is 45.6 Å². The van der Waals surface area contributed by atoms with Crippen LogP contribution in [0.15, 0.2) is 53.7 Å². The summed E-state index contributed by atoms with van der Waals surface area (Å²) in [5, 5.41) is 7.12. The molecular weight excluding hydrogens is 519 g/mol. The lowest BCUT2D eigenvalue weighted by Gasteiger charge is -2.31. The van der Waals surface area contributed by atoms with E-state index in [0.29, 0.717) is 37.2 Å². The van der Waals surface area contributed by atoms with Gasteiger partial charge in [0.25, 0.3) is 5.91 Å². The summed E-state index contributed by atoms with van der Waals surface area (Å²) in [4.78, 5) is 27.7. The van der Waals surface area contributed by atoms with Gasteiger partial charge in [-0.3, -0.25) is 9.78 Å². The summed E-state index contributed by atoms with van der Waals surface area (Å²) in [6.45, 7) is 1.43. The molecule has 2 atom stereocenters. The number of benzene rings is 1. The lowest BCUT2D eigenvalue weighted by Crippen LogP contribution is -2.48. The number of halogens is 3. The smallest absolute Gasteiger partial charge is 0.487 e. The lowest BCUT2D eigenvalue weighted by atomic mass is 10.1. The lowest BCUT2D eigenvalue weighted by molar-refractivity contribution is -0.192. The summed E-state index contributed by atoms with van der Waals surface area (Å²) in [6, 6.07) is 9.81. The first-order chi connectivity index (χ1) is 17.5. The molecule has 1 aromatic carbocycles. The third kappa shape index (κ3) is 6.76. The molecule has 1 fully saturated rings. The quantitative estimate of drug-likeness (QED) is 0.621. The molecule has 3 heterocycles. The number of aliphatic carboxylic acids is 1. The fourth-order valence-electron chi connectivity index (χ4n) is 4.10. The monoisotopic (exact) mass is 545 g/mol. The van der Waals surface area contributed by atoms with Gasteiger partial charge in [0.2, 0.25) is 10.0 Å². The van der Waals surface area contributed by atoms with Crippen LogP contribution in [0, 0.1) is 0 Å². The fourth-order valence-corrected chi connectivity index (χ4v) is 5.88. The normalized spacial score (nSPS) is 21.1. The molecule has 0 radical (unpaired) electrons. The number of amides is 1. The molecule has 1 saturated heterocycles. The van der Waals surface area contributed by atoms with E-state index in [1.54, 1.807) is 60.8 Å². The maximum atomic E-state index is 13.4. The van der Waals surface area contributed by atoms with Crippen molar-refractivity contribution in [3.63, 3.8) is 0 Å². The second-order valence-corrected chi connectivity index (χ2v) is 10.1. The van der Waals surface area contributed by atoms with E-state index >= 15 is 0 Å². The molecule has 1 amide bonds. The van der Waals surface area contributed by atoms with Gasteiger partial charge >= 0.3 is 12.1 Å². The van der Waals surface area contributed by atoms with E-state index in [4.69, 9.17) is 19.4 Å². The Morgan fingerprint density at radius 1 is 1.16 bits per heavy atom. The maximum absolute atomic E-state index is 13.4. The van der Waals surface area contributed by atoms with Crippen LogP contribution in [0.5, 0.6) is 5.75 Å². The second-order valence-electron chi connectivity index (χ2n) is 8.19. The molecule has 0 unspecified atom stereocenters. The third-order valence-corrected chi connectivity index (χ3v) is 7.81. The summed E-state index contributed by atoms with van der Waals surface area (Å²) in [7, 11) is -2.20. The highest BCUT2D eigenvalue weighted by Gasteiger charge is 2.43. The molecule has 14 heteroatoms. The highest BCUT2D eigenvalue weighted by atomic mass is 32.2. The molecule has 1 aromatic heterocycles. The van der Waals surface area contributed by atoms with Crippen molar-refractivity contribution in [2.45, 2.75) is 36.1 Å². The SMILES string of the molecule is COCCN1[C@H]2CCN(C(=O)c3cccnc3)CC[C@@H]2Oc2ccccc2S1(=O)=O.O=C(O)C(F)(F)F. The topological polar surface area (TPSA) is 126 Å². The van der Waals surface area contributed by atoms with Crippen LogP contribution < -0.4 is 4.74 Å². The average Bonchev–Trinajstić information content (AvgIpc) is 3.11. The van der Waals surface area contributed by atoms with Crippen LogP contribution in [0.1, 0.15) is 23.2 Å². The Kier molecular flexibility index (Phi) is 9.10. The van der Waals surface area contributed by atoms with Gasteiger partial charge in [-0.2, -0.15) is 17.5 Å². The van der Waals surface area contributed by atoms with Gasteiger partial charge in [0.1, 0.15) is 16.7 Å². The van der Waals surface area contributed by atoms with Gasteiger partial charge in [-0.1, -0.05) is 12.1 Å². The molecule has 0 aliphatic carbocycles. The predicted molar refractivity (Wildman–Crippen MR) is 123 cm³/mol. The van der Waals surface area contributed by atoms with Crippen LogP contribution in [-0.4, -0.2) is 91.3 Å². The largest absolute Gasteiger partial charge is 0.490 e. The molecule has 2 aromatic rings. The van der Waals surface area contributed by atoms with Crippen molar-refractivity contribution < 1.29 is 45.8 Å². The van der Waals surface area contributed by atoms with E-state index in [1.165, 1.54) is 4.31 Å². The molecule has 1 N–H and O–H groups in total. The molecule has 2 aliphatic heterocycles. The van der Waals surface area contributed by atoms with Crippen LogP contribution in [0.2, 0.25) is 0 Å². The first-order valence-electron chi connectivity index (χ1n) is 11.2. The number of carboxylic acids is 1. The molecule has 0 bridgehead atoms. The standard InChI is InChI=1S/C21H25N3O5S.C2HF3O2/c1-28-14-13-24-17-8-11-23(21(25)16-5-4-10-22-15-16)12-9-18(17)29-19-6-2-3-7-20(19)30(24,26)27;3-2(4,5)1(6)7/h2-7,10,15,17-18H,8-9,11-14H2,1H3;(H,6,7)/t17-,18-;/m0./s1. The van der Waals surface area contributed by atoms with E-state index in [2.05, 4.69) is 4.98 Å². The Hall–Kier alpha value is -3.23. The number of aromatic nitrogens is 1. The molecule has 2 aliphatic rings. The van der Waals surface area contributed by atoms with Crippen molar-refractivity contribution in [2.24, 2.45) is 0 Å². The van der Waals surface area contributed by atoms with Crippen molar-refractivity contribution in [2.75, 3.05) is 33.4 Å². The van der Waals surface area contributed by atoms with E-state index in [0.717, 1.165) is 0 Å². The number of sulfonamides is 1. The number of rotatable bonds is 4. The van der Waals surface area contributed by atoms with E-state index in [9.17, 15) is 26.4 Å². The van der Waals surface area contributed by atoms with Crippen LogP contribution >= 0.6 is 0 Å². The van der Waals surface area contributed by atoms with Crippen LogP contribution in [0.25, 0.3) is 0 Å².